The van der Waals surface area contributed by atoms with E-state index in [9.17, 15) is 4.79 Å². The number of para-hydroxylation sites is 2. The third-order valence-electron chi connectivity index (χ3n) is 4.54. The molecule has 1 amide bonds. The van der Waals surface area contributed by atoms with Gasteiger partial charge in [0.25, 0.3) is 5.91 Å². The predicted molar refractivity (Wildman–Crippen MR) is 99.7 cm³/mol. The van der Waals surface area contributed by atoms with Crippen molar-refractivity contribution >= 4 is 16.8 Å². The first-order chi connectivity index (χ1) is 12.8. The molecule has 0 saturated carbocycles. The first kappa shape index (κ1) is 16.4. The molecule has 0 radical (unpaired) electrons. The van der Waals surface area contributed by atoms with E-state index >= 15 is 0 Å². The Hall–Kier alpha value is -3.08. The normalized spacial score (nSPS) is 15.7. The summed E-state index contributed by atoms with van der Waals surface area (Å²) in [6.45, 7) is 3.47. The largest absolute Gasteiger partial charge is 0.486 e. The zero-order valence-electron chi connectivity index (χ0n) is 14.6. The Kier molecular flexibility index (Phi) is 4.44. The second-order valence-electron chi connectivity index (χ2n) is 6.22. The van der Waals surface area contributed by atoms with E-state index < -0.39 is 0 Å². The molecule has 26 heavy (non-hydrogen) atoms. The minimum Gasteiger partial charge on any atom is -0.486 e. The molecule has 1 aliphatic rings. The predicted octanol–water partition coefficient (Wildman–Crippen LogP) is 3.54. The molecule has 4 rings (SSSR count). The van der Waals surface area contributed by atoms with Crippen LogP contribution in [0.15, 0.2) is 60.8 Å². The molecule has 132 valence electrons. The number of nitrogens with zero attached hydrogens (tertiary/aromatic N) is 2. The standard InChI is InChI=1S/C21H20N2O3/c1-2-23(13-15-14-25-19-10-3-4-11-20(19)26-15)21(24)17-7-5-9-18-16(17)8-6-12-22-18/h3-12,15H,2,13-14H2,1H3. The Morgan fingerprint density at radius 3 is 2.81 bits per heavy atom. The summed E-state index contributed by atoms with van der Waals surface area (Å²) >= 11 is 0. The number of likely N-dealkylation sites (N-methyl/N-ethyl adjacent to an activating group) is 1. The van der Waals surface area contributed by atoms with Crippen LogP contribution in [0.5, 0.6) is 11.5 Å². The van der Waals surface area contributed by atoms with Crippen LogP contribution in [0.2, 0.25) is 0 Å². The monoisotopic (exact) mass is 348 g/mol. The molecule has 1 unspecified atom stereocenters. The Bertz CT molecular complexity index is 936. The van der Waals surface area contributed by atoms with Crippen molar-refractivity contribution in [2.75, 3.05) is 19.7 Å². The molecule has 0 spiro atoms. The van der Waals surface area contributed by atoms with E-state index in [-0.39, 0.29) is 12.0 Å². The lowest BCUT2D eigenvalue weighted by molar-refractivity contribution is 0.0476. The van der Waals surface area contributed by atoms with E-state index in [4.69, 9.17) is 9.47 Å². The molecule has 2 aromatic carbocycles. The van der Waals surface area contributed by atoms with Crippen LogP contribution in [0.3, 0.4) is 0 Å². The van der Waals surface area contributed by atoms with Crippen molar-refractivity contribution < 1.29 is 14.3 Å². The van der Waals surface area contributed by atoms with Gasteiger partial charge in [-0.15, -0.1) is 0 Å². The first-order valence-electron chi connectivity index (χ1n) is 8.77. The Balaban J connectivity index is 1.55. The molecule has 0 saturated heterocycles. The van der Waals surface area contributed by atoms with Crippen molar-refractivity contribution in [1.29, 1.82) is 0 Å². The topological polar surface area (TPSA) is 51.7 Å². The van der Waals surface area contributed by atoms with Gasteiger partial charge in [-0.1, -0.05) is 24.3 Å². The van der Waals surface area contributed by atoms with E-state index in [1.54, 1.807) is 11.1 Å². The Morgan fingerprint density at radius 2 is 1.96 bits per heavy atom. The zero-order valence-corrected chi connectivity index (χ0v) is 14.6. The minimum atomic E-state index is -0.193. The van der Waals surface area contributed by atoms with Crippen molar-refractivity contribution in [1.82, 2.24) is 9.88 Å². The number of fused-ring (bicyclic) bond motifs is 2. The molecule has 1 aromatic heterocycles. The summed E-state index contributed by atoms with van der Waals surface area (Å²) in [5, 5.41) is 0.865. The quantitative estimate of drug-likeness (QED) is 0.724. The first-order valence-corrected chi connectivity index (χ1v) is 8.77. The number of aromatic nitrogens is 1. The number of hydrogen-bond donors (Lipinski definition) is 0. The number of hydrogen-bond acceptors (Lipinski definition) is 4. The molecule has 0 aliphatic carbocycles. The maximum atomic E-state index is 13.1. The van der Waals surface area contributed by atoms with Crippen LogP contribution < -0.4 is 9.47 Å². The van der Waals surface area contributed by atoms with Crippen LogP contribution in [0, 0.1) is 0 Å². The molecular weight excluding hydrogens is 328 g/mol. The van der Waals surface area contributed by atoms with Gasteiger partial charge in [-0.2, -0.15) is 0 Å². The summed E-state index contributed by atoms with van der Waals surface area (Å²) in [6.07, 6.45) is 1.54. The highest BCUT2D eigenvalue weighted by Crippen LogP contribution is 2.31. The average Bonchev–Trinajstić information content (AvgIpc) is 2.71. The average molecular weight is 348 g/mol. The maximum Gasteiger partial charge on any atom is 0.254 e. The lowest BCUT2D eigenvalue weighted by Crippen LogP contribution is -2.43. The van der Waals surface area contributed by atoms with E-state index in [1.807, 2.05) is 61.5 Å². The van der Waals surface area contributed by atoms with Gasteiger partial charge < -0.3 is 14.4 Å². The van der Waals surface area contributed by atoms with Gasteiger partial charge in [-0.05, 0) is 37.3 Å². The summed E-state index contributed by atoms with van der Waals surface area (Å²) in [4.78, 5) is 19.2. The maximum absolute atomic E-state index is 13.1. The van der Waals surface area contributed by atoms with Gasteiger partial charge in [0.2, 0.25) is 0 Å². The lowest BCUT2D eigenvalue weighted by atomic mass is 10.1. The molecule has 2 heterocycles. The van der Waals surface area contributed by atoms with Gasteiger partial charge in [0, 0.05) is 23.7 Å². The fraction of sp³-hybridized carbons (Fsp3) is 0.238. The van der Waals surface area contributed by atoms with Crippen molar-refractivity contribution in [3.05, 3.63) is 66.4 Å². The fourth-order valence-corrected chi connectivity index (χ4v) is 3.21. The van der Waals surface area contributed by atoms with Gasteiger partial charge in [0.05, 0.1) is 12.1 Å². The Labute approximate surface area is 152 Å². The molecule has 0 fully saturated rings. The third-order valence-corrected chi connectivity index (χ3v) is 4.54. The lowest BCUT2D eigenvalue weighted by Gasteiger charge is -2.31. The number of ether oxygens (including phenoxy) is 2. The van der Waals surface area contributed by atoms with Gasteiger partial charge in [0.15, 0.2) is 17.6 Å². The molecule has 5 heteroatoms. The molecule has 5 nitrogen and oxygen atoms in total. The number of pyridine rings is 1. The van der Waals surface area contributed by atoms with Gasteiger partial charge in [-0.3, -0.25) is 9.78 Å². The molecule has 0 bridgehead atoms. The van der Waals surface area contributed by atoms with Crippen LogP contribution in [0.25, 0.3) is 10.9 Å². The SMILES string of the molecule is CCN(CC1COc2ccccc2O1)C(=O)c1cccc2ncccc12. The highest BCUT2D eigenvalue weighted by molar-refractivity contribution is 6.06. The Morgan fingerprint density at radius 1 is 1.12 bits per heavy atom. The van der Waals surface area contributed by atoms with Crippen molar-refractivity contribution in [2.45, 2.75) is 13.0 Å². The number of rotatable bonds is 4. The number of benzene rings is 2. The van der Waals surface area contributed by atoms with Gasteiger partial charge >= 0.3 is 0 Å². The molecule has 0 N–H and O–H groups in total. The van der Waals surface area contributed by atoms with E-state index in [0.29, 0.717) is 25.3 Å². The second kappa shape index (κ2) is 7.04. The smallest absolute Gasteiger partial charge is 0.254 e. The number of carbonyl (C=O) groups is 1. The fourth-order valence-electron chi connectivity index (χ4n) is 3.21. The zero-order chi connectivity index (χ0) is 17.9. The molecular formula is C21H20N2O3. The minimum absolute atomic E-state index is 0.0199. The van der Waals surface area contributed by atoms with Crippen LogP contribution in [0.1, 0.15) is 17.3 Å². The number of carbonyl (C=O) groups excluding carboxylic acids is 1. The van der Waals surface area contributed by atoms with Crippen molar-refractivity contribution in [3.8, 4) is 11.5 Å². The number of amides is 1. The molecule has 1 aliphatic heterocycles. The van der Waals surface area contributed by atoms with E-state index in [0.717, 1.165) is 22.4 Å². The summed E-state index contributed by atoms with van der Waals surface area (Å²) in [7, 11) is 0. The van der Waals surface area contributed by atoms with Crippen LogP contribution in [-0.2, 0) is 0 Å². The molecule has 1 atom stereocenters. The van der Waals surface area contributed by atoms with Crippen LogP contribution in [0.4, 0.5) is 0 Å². The summed E-state index contributed by atoms with van der Waals surface area (Å²) in [6, 6.07) is 17.0. The second-order valence-corrected chi connectivity index (χ2v) is 6.22. The highest BCUT2D eigenvalue weighted by atomic mass is 16.6. The summed E-state index contributed by atoms with van der Waals surface area (Å²) < 4.78 is 11.8. The van der Waals surface area contributed by atoms with E-state index in [1.165, 1.54) is 0 Å². The third kappa shape index (κ3) is 3.08. The summed E-state index contributed by atoms with van der Waals surface area (Å²) in [5.74, 6) is 1.45. The molecule has 3 aromatic rings. The van der Waals surface area contributed by atoms with Gasteiger partial charge in [0.1, 0.15) is 6.61 Å². The van der Waals surface area contributed by atoms with Crippen molar-refractivity contribution in [3.63, 3.8) is 0 Å². The van der Waals surface area contributed by atoms with Crippen LogP contribution >= 0.6 is 0 Å². The summed E-state index contributed by atoms with van der Waals surface area (Å²) in [5.41, 5.74) is 1.48. The van der Waals surface area contributed by atoms with Crippen molar-refractivity contribution in [2.24, 2.45) is 0 Å². The van der Waals surface area contributed by atoms with Gasteiger partial charge in [-0.25, -0.2) is 0 Å². The highest BCUT2D eigenvalue weighted by Gasteiger charge is 2.26. The van der Waals surface area contributed by atoms with Crippen LogP contribution in [-0.4, -0.2) is 41.6 Å². The van der Waals surface area contributed by atoms with E-state index in [2.05, 4.69) is 4.98 Å².